The fourth-order valence-electron chi connectivity index (χ4n) is 2.69. The van der Waals surface area contributed by atoms with E-state index in [1.807, 2.05) is 0 Å². The normalized spacial score (nSPS) is 23.0. The van der Waals surface area contributed by atoms with Crippen molar-refractivity contribution in [2.45, 2.75) is 43.5 Å². The van der Waals surface area contributed by atoms with Gasteiger partial charge in [-0.1, -0.05) is 34.8 Å². The van der Waals surface area contributed by atoms with Crippen molar-refractivity contribution in [3.8, 4) is 0 Å². The van der Waals surface area contributed by atoms with Gasteiger partial charge in [0.2, 0.25) is 10.0 Å². The van der Waals surface area contributed by atoms with Gasteiger partial charge in [0.15, 0.2) is 0 Å². The predicted octanol–water partition coefficient (Wildman–Crippen LogP) is 2.68. The smallest absolute Gasteiger partial charge is 0.308 e. The molecule has 1 aliphatic carbocycles. The molecular weight excluding hydrogens is 358 g/mol. The number of aliphatic carboxylic acids is 1. The van der Waals surface area contributed by atoms with Gasteiger partial charge in [0.1, 0.15) is 0 Å². The number of rotatable bonds is 4. The van der Waals surface area contributed by atoms with E-state index in [2.05, 4.69) is 20.7 Å². The van der Waals surface area contributed by atoms with Crippen LogP contribution in [0.3, 0.4) is 0 Å². The van der Waals surface area contributed by atoms with Crippen molar-refractivity contribution in [3.63, 3.8) is 0 Å². The lowest BCUT2D eigenvalue weighted by atomic mass is 9.85. The molecule has 2 unspecified atom stereocenters. The average Bonchev–Trinajstić information content (AvgIpc) is 2.41. The molecule has 7 heteroatoms. The zero-order chi connectivity index (χ0) is 15.6. The number of hydrogen-bond acceptors (Lipinski definition) is 3. The third kappa shape index (κ3) is 3.84. The van der Waals surface area contributed by atoms with Crippen molar-refractivity contribution in [1.29, 1.82) is 0 Å². The summed E-state index contributed by atoms with van der Waals surface area (Å²) in [5.41, 5.74) is 0.633. The molecule has 21 heavy (non-hydrogen) atoms. The van der Waals surface area contributed by atoms with Crippen LogP contribution in [0.5, 0.6) is 0 Å². The first-order valence-electron chi connectivity index (χ1n) is 6.82. The molecular formula is C14H18BrNO4S. The fourth-order valence-corrected chi connectivity index (χ4v) is 4.79. The van der Waals surface area contributed by atoms with Gasteiger partial charge in [-0.3, -0.25) is 4.79 Å². The van der Waals surface area contributed by atoms with Crippen LogP contribution in [0.4, 0.5) is 0 Å². The van der Waals surface area contributed by atoms with Gasteiger partial charge < -0.3 is 5.11 Å². The summed E-state index contributed by atoms with van der Waals surface area (Å²) in [6, 6.07) is 4.49. The van der Waals surface area contributed by atoms with Crippen LogP contribution in [-0.2, 0) is 14.8 Å². The molecule has 0 saturated heterocycles. The Hall–Kier alpha value is -0.920. The maximum Gasteiger partial charge on any atom is 0.308 e. The Bertz CT molecular complexity index is 644. The Balaban J connectivity index is 2.27. The maximum absolute atomic E-state index is 12.5. The van der Waals surface area contributed by atoms with Crippen molar-refractivity contribution >= 4 is 31.9 Å². The van der Waals surface area contributed by atoms with E-state index in [-0.39, 0.29) is 4.90 Å². The van der Waals surface area contributed by atoms with Gasteiger partial charge in [0.25, 0.3) is 0 Å². The van der Waals surface area contributed by atoms with Crippen LogP contribution in [0.1, 0.15) is 31.2 Å². The molecule has 2 N–H and O–H groups in total. The van der Waals surface area contributed by atoms with Crippen LogP contribution in [0.15, 0.2) is 27.6 Å². The Morgan fingerprint density at radius 1 is 1.33 bits per heavy atom. The minimum Gasteiger partial charge on any atom is -0.481 e. The van der Waals surface area contributed by atoms with Crippen LogP contribution >= 0.6 is 15.9 Å². The first-order valence-corrected chi connectivity index (χ1v) is 9.10. The van der Waals surface area contributed by atoms with E-state index in [0.29, 0.717) is 22.9 Å². The molecule has 0 aromatic heterocycles. The summed E-state index contributed by atoms with van der Waals surface area (Å²) in [7, 11) is -3.72. The highest BCUT2D eigenvalue weighted by molar-refractivity contribution is 9.10. The topological polar surface area (TPSA) is 83.5 Å². The van der Waals surface area contributed by atoms with Crippen LogP contribution in [0.25, 0.3) is 0 Å². The van der Waals surface area contributed by atoms with E-state index >= 15 is 0 Å². The van der Waals surface area contributed by atoms with Gasteiger partial charge in [0, 0.05) is 10.5 Å². The molecule has 0 spiro atoms. The van der Waals surface area contributed by atoms with Crippen molar-refractivity contribution in [3.05, 3.63) is 28.2 Å². The van der Waals surface area contributed by atoms with E-state index in [1.54, 1.807) is 19.1 Å². The van der Waals surface area contributed by atoms with Crippen LogP contribution in [0, 0.1) is 12.8 Å². The molecule has 2 atom stereocenters. The molecule has 5 nitrogen and oxygen atoms in total. The summed E-state index contributed by atoms with van der Waals surface area (Å²) in [5, 5.41) is 9.23. The summed E-state index contributed by atoms with van der Waals surface area (Å²) >= 11 is 3.26. The molecule has 2 rings (SSSR count). The summed E-state index contributed by atoms with van der Waals surface area (Å²) < 4.78 is 28.3. The number of halogens is 1. The van der Waals surface area contributed by atoms with Crippen LogP contribution in [-0.4, -0.2) is 25.5 Å². The standard InChI is InChI=1S/C14H18BrNO4S/c1-9-6-7-10(15)8-13(9)21(19,20)16-12-5-3-2-4-11(12)14(17)18/h6-8,11-12,16H,2-5H2,1H3,(H,17,18). The van der Waals surface area contributed by atoms with Gasteiger partial charge in [0.05, 0.1) is 10.8 Å². The average molecular weight is 376 g/mol. The third-order valence-corrected chi connectivity index (χ3v) is 5.95. The molecule has 0 bridgehead atoms. The lowest BCUT2D eigenvalue weighted by molar-refractivity contribution is -0.143. The monoisotopic (exact) mass is 375 g/mol. The number of sulfonamides is 1. The molecule has 1 saturated carbocycles. The molecule has 0 amide bonds. The lowest BCUT2D eigenvalue weighted by Crippen LogP contribution is -2.45. The molecule has 0 radical (unpaired) electrons. The molecule has 1 aromatic carbocycles. The minimum absolute atomic E-state index is 0.187. The largest absolute Gasteiger partial charge is 0.481 e. The molecule has 1 aliphatic rings. The zero-order valence-electron chi connectivity index (χ0n) is 11.7. The number of hydrogen-bond donors (Lipinski definition) is 2. The van der Waals surface area contributed by atoms with Gasteiger partial charge >= 0.3 is 5.97 Å². The predicted molar refractivity (Wildman–Crippen MR) is 82.6 cm³/mol. The van der Waals surface area contributed by atoms with E-state index in [1.165, 1.54) is 6.07 Å². The van der Waals surface area contributed by atoms with E-state index in [0.717, 1.165) is 12.8 Å². The van der Waals surface area contributed by atoms with Crippen molar-refractivity contribution < 1.29 is 18.3 Å². The molecule has 0 heterocycles. The summed E-state index contributed by atoms with van der Waals surface area (Å²) in [6.07, 6.45) is 2.74. The summed E-state index contributed by atoms with van der Waals surface area (Å²) in [5.74, 6) is -1.59. The highest BCUT2D eigenvalue weighted by Gasteiger charge is 2.34. The first kappa shape index (κ1) is 16.5. The zero-order valence-corrected chi connectivity index (χ0v) is 14.1. The second-order valence-electron chi connectivity index (χ2n) is 5.37. The van der Waals surface area contributed by atoms with E-state index < -0.39 is 28.0 Å². The molecule has 1 aromatic rings. The van der Waals surface area contributed by atoms with Gasteiger partial charge in [-0.25, -0.2) is 13.1 Å². The quantitative estimate of drug-likeness (QED) is 0.847. The summed E-state index contributed by atoms with van der Waals surface area (Å²) in [4.78, 5) is 11.5. The lowest BCUT2D eigenvalue weighted by Gasteiger charge is -2.29. The van der Waals surface area contributed by atoms with Gasteiger partial charge in [-0.05, 0) is 37.5 Å². The number of benzene rings is 1. The Kier molecular flexibility index (Phi) is 5.06. The van der Waals surface area contributed by atoms with Gasteiger partial charge in [-0.2, -0.15) is 0 Å². The number of carbonyl (C=O) groups is 1. The van der Waals surface area contributed by atoms with E-state index in [4.69, 9.17) is 0 Å². The highest BCUT2D eigenvalue weighted by Crippen LogP contribution is 2.27. The maximum atomic E-state index is 12.5. The van der Waals surface area contributed by atoms with Gasteiger partial charge in [-0.15, -0.1) is 0 Å². The second-order valence-corrected chi connectivity index (χ2v) is 7.96. The Morgan fingerprint density at radius 2 is 2.00 bits per heavy atom. The number of carboxylic acids is 1. The van der Waals surface area contributed by atoms with Crippen molar-refractivity contribution in [1.82, 2.24) is 4.72 Å². The number of nitrogens with one attached hydrogen (secondary N) is 1. The van der Waals surface area contributed by atoms with E-state index in [9.17, 15) is 18.3 Å². The molecule has 0 aliphatic heterocycles. The summed E-state index contributed by atoms with van der Waals surface area (Å²) in [6.45, 7) is 1.72. The number of aryl methyl sites for hydroxylation is 1. The minimum atomic E-state index is -3.72. The number of carboxylic acid groups (broad SMARTS) is 1. The van der Waals surface area contributed by atoms with Crippen molar-refractivity contribution in [2.75, 3.05) is 0 Å². The first-order chi connectivity index (χ1) is 9.81. The fraction of sp³-hybridized carbons (Fsp3) is 0.500. The van der Waals surface area contributed by atoms with Crippen molar-refractivity contribution in [2.24, 2.45) is 5.92 Å². The Morgan fingerprint density at radius 3 is 2.67 bits per heavy atom. The SMILES string of the molecule is Cc1ccc(Br)cc1S(=O)(=O)NC1CCCCC1C(=O)O. The van der Waals surface area contributed by atoms with Crippen LogP contribution in [0.2, 0.25) is 0 Å². The second kappa shape index (κ2) is 6.46. The highest BCUT2D eigenvalue weighted by atomic mass is 79.9. The molecule has 1 fully saturated rings. The third-order valence-electron chi connectivity index (χ3n) is 3.83. The Labute approximate surface area is 132 Å². The van der Waals surface area contributed by atoms with Crippen LogP contribution < -0.4 is 4.72 Å². The molecule has 116 valence electrons.